The zero-order valence-corrected chi connectivity index (χ0v) is 11.0. The Morgan fingerprint density at radius 3 is 3.06 bits per heavy atom. The van der Waals surface area contributed by atoms with Crippen LogP contribution in [0.15, 0.2) is 18.2 Å². The number of benzene rings is 1. The third-order valence-electron chi connectivity index (χ3n) is 3.90. The van der Waals surface area contributed by atoms with Gasteiger partial charge >= 0.3 is 0 Å². The highest BCUT2D eigenvalue weighted by atomic mass is 35.5. The monoisotopic (exact) mass is 264 g/mol. The highest BCUT2D eigenvalue weighted by Crippen LogP contribution is 2.24. The maximum absolute atomic E-state index is 12.3. The molecule has 1 aromatic carbocycles. The molecular formula is C14H17ClN2O. The average molecular weight is 265 g/mol. The largest absolute Gasteiger partial charge is 0.338 e. The molecule has 1 atom stereocenters. The average Bonchev–Trinajstić information content (AvgIpc) is 2.90. The predicted octanol–water partition coefficient (Wildman–Crippen LogP) is 1.83. The second-order valence-corrected chi connectivity index (χ2v) is 5.55. The number of carbonyl (C=O) groups excluding carboxylic acids is 1. The predicted molar refractivity (Wildman–Crippen MR) is 71.5 cm³/mol. The summed E-state index contributed by atoms with van der Waals surface area (Å²) >= 11 is 6.02. The molecule has 0 bridgehead atoms. The molecular weight excluding hydrogens is 248 g/mol. The number of hydrogen-bond acceptors (Lipinski definition) is 2. The number of rotatable bonds is 1. The van der Waals surface area contributed by atoms with Gasteiger partial charge in [-0.15, -0.1) is 0 Å². The van der Waals surface area contributed by atoms with Crippen LogP contribution < -0.4 is 5.32 Å². The van der Waals surface area contributed by atoms with Gasteiger partial charge in [0.05, 0.1) is 5.92 Å². The zero-order valence-electron chi connectivity index (χ0n) is 10.3. The zero-order chi connectivity index (χ0) is 12.5. The van der Waals surface area contributed by atoms with E-state index in [-0.39, 0.29) is 5.92 Å². The Morgan fingerprint density at radius 2 is 2.28 bits per heavy atom. The maximum Gasteiger partial charge on any atom is 0.227 e. The van der Waals surface area contributed by atoms with Crippen molar-refractivity contribution in [2.24, 2.45) is 5.92 Å². The molecule has 0 spiro atoms. The van der Waals surface area contributed by atoms with Crippen molar-refractivity contribution in [2.45, 2.75) is 19.4 Å². The van der Waals surface area contributed by atoms with Crippen LogP contribution >= 0.6 is 11.6 Å². The van der Waals surface area contributed by atoms with Gasteiger partial charge in [-0.1, -0.05) is 17.7 Å². The van der Waals surface area contributed by atoms with Crippen molar-refractivity contribution in [3.05, 3.63) is 34.3 Å². The third kappa shape index (κ3) is 2.25. The molecule has 1 aromatic rings. The smallest absolute Gasteiger partial charge is 0.227 e. The Kier molecular flexibility index (Phi) is 3.27. The Morgan fingerprint density at radius 1 is 1.39 bits per heavy atom. The van der Waals surface area contributed by atoms with E-state index >= 15 is 0 Å². The van der Waals surface area contributed by atoms with Crippen molar-refractivity contribution >= 4 is 17.5 Å². The van der Waals surface area contributed by atoms with Crippen LogP contribution in [0, 0.1) is 5.92 Å². The van der Waals surface area contributed by atoms with Crippen molar-refractivity contribution in [2.75, 3.05) is 19.6 Å². The summed E-state index contributed by atoms with van der Waals surface area (Å²) in [7, 11) is 0. The number of fused-ring (bicyclic) bond motifs is 1. The normalized spacial score (nSPS) is 22.9. The van der Waals surface area contributed by atoms with Crippen molar-refractivity contribution < 1.29 is 4.79 Å². The molecule has 1 amide bonds. The van der Waals surface area contributed by atoms with E-state index in [2.05, 4.69) is 11.4 Å². The summed E-state index contributed by atoms with van der Waals surface area (Å²) in [6.07, 6.45) is 1.91. The highest BCUT2D eigenvalue weighted by molar-refractivity contribution is 6.30. The van der Waals surface area contributed by atoms with E-state index in [4.69, 9.17) is 11.6 Å². The van der Waals surface area contributed by atoms with E-state index in [1.165, 1.54) is 11.1 Å². The molecule has 96 valence electrons. The Balaban J connectivity index is 1.75. The molecule has 0 radical (unpaired) electrons. The number of hydrogen-bond donors (Lipinski definition) is 1. The number of halogens is 1. The molecule has 1 N–H and O–H groups in total. The van der Waals surface area contributed by atoms with Gasteiger partial charge in [-0.25, -0.2) is 0 Å². The summed E-state index contributed by atoms with van der Waals surface area (Å²) in [4.78, 5) is 14.3. The van der Waals surface area contributed by atoms with Gasteiger partial charge in [0.1, 0.15) is 0 Å². The van der Waals surface area contributed by atoms with Crippen LogP contribution in [0.3, 0.4) is 0 Å². The molecule has 2 aliphatic heterocycles. The van der Waals surface area contributed by atoms with Crippen LogP contribution in [0.25, 0.3) is 0 Å². The minimum Gasteiger partial charge on any atom is -0.338 e. The van der Waals surface area contributed by atoms with Gasteiger partial charge in [0, 0.05) is 24.7 Å². The van der Waals surface area contributed by atoms with E-state index in [9.17, 15) is 4.79 Å². The topological polar surface area (TPSA) is 32.3 Å². The molecule has 3 rings (SSSR count). The van der Waals surface area contributed by atoms with Crippen LogP contribution in [0.1, 0.15) is 17.5 Å². The summed E-state index contributed by atoms with van der Waals surface area (Å²) in [6.45, 7) is 3.35. The standard InChI is InChI=1S/C14H17ClN2O/c15-13-2-1-10-4-6-17(9-12(10)7-13)14(18)11-3-5-16-8-11/h1-2,7,11,16H,3-6,8-9H2. The van der Waals surface area contributed by atoms with Crippen LogP contribution in [-0.4, -0.2) is 30.4 Å². The maximum atomic E-state index is 12.3. The molecule has 2 heterocycles. The summed E-state index contributed by atoms with van der Waals surface area (Å²) in [6, 6.07) is 6.00. The first-order valence-electron chi connectivity index (χ1n) is 6.51. The second kappa shape index (κ2) is 4.90. The van der Waals surface area contributed by atoms with Crippen LogP contribution in [0.2, 0.25) is 5.02 Å². The minimum atomic E-state index is 0.172. The Labute approximate surface area is 112 Å². The van der Waals surface area contributed by atoms with Gasteiger partial charge in [0.25, 0.3) is 0 Å². The molecule has 0 aromatic heterocycles. The van der Waals surface area contributed by atoms with Gasteiger partial charge in [0.15, 0.2) is 0 Å². The molecule has 0 aliphatic carbocycles. The molecule has 2 aliphatic rings. The van der Waals surface area contributed by atoms with Crippen molar-refractivity contribution in [3.63, 3.8) is 0 Å². The van der Waals surface area contributed by atoms with Gasteiger partial charge in [-0.3, -0.25) is 4.79 Å². The lowest BCUT2D eigenvalue weighted by molar-refractivity contribution is -0.135. The molecule has 1 saturated heterocycles. The Hall–Kier alpha value is -1.06. The van der Waals surface area contributed by atoms with Gasteiger partial charge < -0.3 is 10.2 Å². The van der Waals surface area contributed by atoms with E-state index in [0.29, 0.717) is 12.5 Å². The van der Waals surface area contributed by atoms with Gasteiger partial charge in [-0.2, -0.15) is 0 Å². The Bertz CT molecular complexity index is 469. The molecule has 4 heteroatoms. The lowest BCUT2D eigenvalue weighted by Crippen LogP contribution is -2.40. The molecule has 18 heavy (non-hydrogen) atoms. The first-order valence-corrected chi connectivity index (χ1v) is 6.88. The molecule has 3 nitrogen and oxygen atoms in total. The van der Waals surface area contributed by atoms with E-state index in [1.54, 1.807) is 0 Å². The summed E-state index contributed by atoms with van der Waals surface area (Å²) in [5.41, 5.74) is 2.53. The minimum absolute atomic E-state index is 0.172. The van der Waals surface area contributed by atoms with Crippen molar-refractivity contribution in [3.8, 4) is 0 Å². The SMILES string of the molecule is O=C(C1CCNC1)N1CCc2ccc(Cl)cc2C1. The van der Waals surface area contributed by atoms with Gasteiger partial charge in [0.2, 0.25) is 5.91 Å². The van der Waals surface area contributed by atoms with Crippen LogP contribution in [0.5, 0.6) is 0 Å². The second-order valence-electron chi connectivity index (χ2n) is 5.11. The van der Waals surface area contributed by atoms with Crippen LogP contribution in [0.4, 0.5) is 0 Å². The van der Waals surface area contributed by atoms with Gasteiger partial charge in [-0.05, 0) is 42.6 Å². The number of amides is 1. The third-order valence-corrected chi connectivity index (χ3v) is 4.14. The van der Waals surface area contributed by atoms with E-state index in [1.807, 2.05) is 17.0 Å². The van der Waals surface area contributed by atoms with E-state index < -0.39 is 0 Å². The van der Waals surface area contributed by atoms with Crippen molar-refractivity contribution in [1.29, 1.82) is 0 Å². The lowest BCUT2D eigenvalue weighted by atomic mass is 9.98. The molecule has 1 fully saturated rings. The first-order chi connectivity index (χ1) is 8.74. The molecule has 0 saturated carbocycles. The fourth-order valence-electron chi connectivity index (χ4n) is 2.84. The summed E-state index contributed by atoms with van der Waals surface area (Å²) in [5.74, 6) is 0.469. The number of nitrogens with one attached hydrogen (secondary N) is 1. The fourth-order valence-corrected chi connectivity index (χ4v) is 3.03. The molecule has 1 unspecified atom stereocenters. The first kappa shape index (κ1) is 12.0. The highest BCUT2D eigenvalue weighted by Gasteiger charge is 2.29. The van der Waals surface area contributed by atoms with E-state index in [0.717, 1.165) is 37.5 Å². The quantitative estimate of drug-likeness (QED) is 0.839. The lowest BCUT2D eigenvalue weighted by Gasteiger charge is -2.30. The van der Waals surface area contributed by atoms with Crippen molar-refractivity contribution in [1.82, 2.24) is 10.2 Å². The summed E-state index contributed by atoms with van der Waals surface area (Å²) in [5, 5.41) is 4.01. The number of carbonyl (C=O) groups is 1. The summed E-state index contributed by atoms with van der Waals surface area (Å²) < 4.78 is 0. The fraction of sp³-hybridized carbons (Fsp3) is 0.500. The van der Waals surface area contributed by atoms with Crippen LogP contribution in [-0.2, 0) is 17.8 Å². The number of nitrogens with zero attached hydrogens (tertiary/aromatic N) is 1.